The molecule has 96 valence electrons. The number of hydrogen-bond acceptors (Lipinski definition) is 2. The topological polar surface area (TPSA) is 43.8 Å². The van der Waals surface area contributed by atoms with Crippen LogP contribution in [0.2, 0.25) is 10.0 Å². The van der Waals surface area contributed by atoms with E-state index in [9.17, 15) is 0 Å². The second kappa shape index (κ2) is 5.31. The minimum Gasteiger partial charge on any atom is -0.328 e. The highest BCUT2D eigenvalue weighted by Gasteiger charge is 2.18. The minimum atomic E-state index is -0.0464. The van der Waals surface area contributed by atoms with Crippen LogP contribution in [-0.2, 0) is 0 Å². The molecule has 2 rings (SSSR count). The maximum Gasteiger partial charge on any atom is 0.0894 e. The lowest BCUT2D eigenvalue weighted by molar-refractivity contribution is 0.516. The van der Waals surface area contributed by atoms with E-state index in [0.29, 0.717) is 16.6 Å². The molecule has 5 heteroatoms. The van der Waals surface area contributed by atoms with Crippen molar-refractivity contribution < 1.29 is 0 Å². The highest BCUT2D eigenvalue weighted by atomic mass is 35.5. The molecule has 0 fully saturated rings. The fourth-order valence-corrected chi connectivity index (χ4v) is 2.36. The summed E-state index contributed by atoms with van der Waals surface area (Å²) >= 11 is 12.2. The summed E-state index contributed by atoms with van der Waals surface area (Å²) < 4.78 is 1.86. The number of hydrogen-bond donors (Lipinski definition) is 1. The van der Waals surface area contributed by atoms with Gasteiger partial charge in [-0.1, -0.05) is 35.3 Å². The van der Waals surface area contributed by atoms with Gasteiger partial charge in [0.25, 0.3) is 0 Å². The molecule has 0 radical (unpaired) electrons. The van der Waals surface area contributed by atoms with Gasteiger partial charge in [-0.05, 0) is 31.5 Å². The van der Waals surface area contributed by atoms with E-state index in [1.807, 2.05) is 42.8 Å². The molecule has 0 aliphatic carbocycles. The molecule has 2 aromatic rings. The highest BCUT2D eigenvalue weighted by Crippen LogP contribution is 2.26. The molecule has 0 aliphatic rings. The quantitative estimate of drug-likeness (QED) is 0.939. The van der Waals surface area contributed by atoms with E-state index in [-0.39, 0.29) is 6.04 Å². The Labute approximate surface area is 117 Å². The van der Waals surface area contributed by atoms with Crippen LogP contribution < -0.4 is 5.73 Å². The van der Waals surface area contributed by atoms with Crippen molar-refractivity contribution in [2.45, 2.75) is 19.9 Å². The summed E-state index contributed by atoms with van der Waals surface area (Å²) in [5, 5.41) is 5.83. The number of rotatable bonds is 3. The average Bonchev–Trinajstić information content (AvgIpc) is 2.59. The van der Waals surface area contributed by atoms with Crippen LogP contribution in [-0.4, -0.2) is 16.3 Å². The lowest BCUT2D eigenvalue weighted by atomic mass is 10.1. The maximum atomic E-state index is 6.17. The summed E-state index contributed by atoms with van der Waals surface area (Å²) in [5.41, 5.74) is 8.64. The van der Waals surface area contributed by atoms with E-state index in [0.717, 1.165) is 17.0 Å². The normalized spacial score (nSPS) is 12.7. The van der Waals surface area contributed by atoms with Crippen molar-refractivity contribution >= 4 is 23.2 Å². The predicted octanol–water partition coefficient (Wildman–Crippen LogP) is 3.35. The molecule has 1 unspecified atom stereocenters. The Morgan fingerprint density at radius 2 is 2.06 bits per heavy atom. The minimum absolute atomic E-state index is 0.0464. The van der Waals surface area contributed by atoms with Gasteiger partial charge in [-0.2, -0.15) is 5.10 Å². The first-order valence-electron chi connectivity index (χ1n) is 5.71. The molecule has 0 saturated heterocycles. The van der Waals surface area contributed by atoms with Crippen molar-refractivity contribution in [3.63, 3.8) is 0 Å². The largest absolute Gasteiger partial charge is 0.328 e. The van der Waals surface area contributed by atoms with Crippen molar-refractivity contribution in [2.75, 3.05) is 6.54 Å². The number of nitrogens with zero attached hydrogens (tertiary/aromatic N) is 2. The lowest BCUT2D eigenvalue weighted by Crippen LogP contribution is -2.22. The fourth-order valence-electron chi connectivity index (χ4n) is 2.04. The van der Waals surface area contributed by atoms with Crippen LogP contribution in [0.25, 0.3) is 0 Å². The summed E-state index contributed by atoms with van der Waals surface area (Å²) in [4.78, 5) is 0. The second-order valence-electron chi connectivity index (χ2n) is 4.24. The van der Waals surface area contributed by atoms with E-state index < -0.39 is 0 Å². The molecule has 3 nitrogen and oxygen atoms in total. The van der Waals surface area contributed by atoms with Gasteiger partial charge in [-0.15, -0.1) is 0 Å². The third-order valence-corrected chi connectivity index (χ3v) is 3.77. The summed E-state index contributed by atoms with van der Waals surface area (Å²) in [6, 6.07) is 7.60. The van der Waals surface area contributed by atoms with Gasteiger partial charge in [0.15, 0.2) is 0 Å². The number of aryl methyl sites for hydroxylation is 1. The van der Waals surface area contributed by atoms with Crippen molar-refractivity contribution in [1.82, 2.24) is 9.78 Å². The molecule has 1 atom stereocenters. The first-order valence-corrected chi connectivity index (χ1v) is 6.47. The van der Waals surface area contributed by atoms with Crippen LogP contribution in [0.4, 0.5) is 0 Å². The first kappa shape index (κ1) is 13.4. The van der Waals surface area contributed by atoms with Crippen molar-refractivity contribution in [3.05, 3.63) is 51.3 Å². The molecule has 0 bridgehead atoms. The van der Waals surface area contributed by atoms with Crippen LogP contribution in [0.3, 0.4) is 0 Å². The van der Waals surface area contributed by atoms with E-state index in [2.05, 4.69) is 5.10 Å². The van der Waals surface area contributed by atoms with Gasteiger partial charge in [0.2, 0.25) is 0 Å². The maximum absolute atomic E-state index is 6.17. The smallest absolute Gasteiger partial charge is 0.0894 e. The zero-order valence-electron chi connectivity index (χ0n) is 10.3. The van der Waals surface area contributed by atoms with Gasteiger partial charge >= 0.3 is 0 Å². The molecule has 1 heterocycles. The summed E-state index contributed by atoms with van der Waals surface area (Å²) in [5.74, 6) is 0. The molecule has 1 aromatic heterocycles. The Bertz CT molecular complexity index is 563. The Hall–Kier alpha value is -1.03. The molecule has 0 saturated carbocycles. The Balaban J connectivity index is 2.48. The molecule has 0 aliphatic heterocycles. The van der Waals surface area contributed by atoms with Crippen molar-refractivity contribution in [3.8, 4) is 0 Å². The molecular formula is C13H15Cl2N3. The second-order valence-corrected chi connectivity index (χ2v) is 5.05. The van der Waals surface area contributed by atoms with Gasteiger partial charge < -0.3 is 5.73 Å². The van der Waals surface area contributed by atoms with Crippen LogP contribution in [0.5, 0.6) is 0 Å². The summed E-state index contributed by atoms with van der Waals surface area (Å²) in [6.45, 7) is 4.27. The fraction of sp³-hybridized carbons (Fsp3) is 0.308. The van der Waals surface area contributed by atoms with Crippen molar-refractivity contribution in [1.29, 1.82) is 0 Å². The first-order chi connectivity index (χ1) is 8.54. The average molecular weight is 284 g/mol. The highest BCUT2D eigenvalue weighted by molar-refractivity contribution is 6.31. The lowest BCUT2D eigenvalue weighted by Gasteiger charge is -2.18. The van der Waals surface area contributed by atoms with Gasteiger partial charge in [0.1, 0.15) is 0 Å². The summed E-state index contributed by atoms with van der Waals surface area (Å²) in [6.07, 6.45) is 0. The number of halogens is 2. The van der Waals surface area contributed by atoms with Crippen molar-refractivity contribution in [2.24, 2.45) is 5.73 Å². The predicted molar refractivity (Wildman–Crippen MR) is 75.4 cm³/mol. The van der Waals surface area contributed by atoms with E-state index in [1.54, 1.807) is 0 Å². The van der Waals surface area contributed by atoms with E-state index in [1.165, 1.54) is 0 Å². The number of aromatic nitrogens is 2. The Kier molecular flexibility index (Phi) is 3.95. The standard InChI is InChI=1S/C13H15Cl2N3/c1-8-13(15)9(2)18(17-8)12(7-16)10-4-3-5-11(14)6-10/h3-6,12H,7,16H2,1-2H3. The molecule has 0 spiro atoms. The molecule has 0 amide bonds. The third-order valence-electron chi connectivity index (χ3n) is 2.99. The Morgan fingerprint density at radius 1 is 1.33 bits per heavy atom. The van der Waals surface area contributed by atoms with E-state index in [4.69, 9.17) is 28.9 Å². The zero-order chi connectivity index (χ0) is 13.3. The number of nitrogens with two attached hydrogens (primary N) is 1. The summed E-state index contributed by atoms with van der Waals surface area (Å²) in [7, 11) is 0. The van der Waals surface area contributed by atoms with Crippen LogP contribution in [0.1, 0.15) is 23.0 Å². The molecule has 2 N–H and O–H groups in total. The van der Waals surface area contributed by atoms with Crippen LogP contribution >= 0.6 is 23.2 Å². The Morgan fingerprint density at radius 3 is 2.56 bits per heavy atom. The molecule has 1 aromatic carbocycles. The molecule has 18 heavy (non-hydrogen) atoms. The molecular weight excluding hydrogens is 269 g/mol. The SMILES string of the molecule is Cc1nn(C(CN)c2cccc(Cl)c2)c(C)c1Cl. The van der Waals surface area contributed by atoms with Crippen LogP contribution in [0, 0.1) is 13.8 Å². The number of benzene rings is 1. The van der Waals surface area contributed by atoms with Gasteiger partial charge in [0.05, 0.1) is 22.5 Å². The third kappa shape index (κ3) is 2.39. The van der Waals surface area contributed by atoms with Gasteiger partial charge in [0, 0.05) is 11.6 Å². The zero-order valence-corrected chi connectivity index (χ0v) is 11.8. The van der Waals surface area contributed by atoms with Gasteiger partial charge in [-0.3, -0.25) is 4.68 Å². The van der Waals surface area contributed by atoms with Gasteiger partial charge in [-0.25, -0.2) is 0 Å². The van der Waals surface area contributed by atoms with E-state index >= 15 is 0 Å². The monoisotopic (exact) mass is 283 g/mol. The van der Waals surface area contributed by atoms with Crippen LogP contribution in [0.15, 0.2) is 24.3 Å².